The lowest BCUT2D eigenvalue weighted by Gasteiger charge is -2.25. The van der Waals surface area contributed by atoms with Gasteiger partial charge >= 0.3 is 0 Å². The standard InChI is InChI=1S/C14H19NO2/c1-2-3-4-5-10-13-14(16)15-11-8-6-7-9-12(11)17-13/h6-9,13H,2-5,10H2,1H3,(H,15,16)/t13-/m1/s1. The molecule has 1 aliphatic heterocycles. The smallest absolute Gasteiger partial charge is 0.265 e. The van der Waals surface area contributed by atoms with Gasteiger partial charge in [-0.15, -0.1) is 0 Å². The molecule has 0 radical (unpaired) electrons. The van der Waals surface area contributed by atoms with Crippen LogP contribution in [0.25, 0.3) is 0 Å². The van der Waals surface area contributed by atoms with Crippen molar-refractivity contribution in [2.24, 2.45) is 0 Å². The van der Waals surface area contributed by atoms with Gasteiger partial charge in [-0.05, 0) is 25.0 Å². The Morgan fingerprint density at radius 1 is 1.24 bits per heavy atom. The van der Waals surface area contributed by atoms with Crippen molar-refractivity contribution in [1.82, 2.24) is 0 Å². The molecule has 0 saturated carbocycles. The zero-order valence-corrected chi connectivity index (χ0v) is 10.2. The van der Waals surface area contributed by atoms with Gasteiger partial charge < -0.3 is 10.1 Å². The number of hydrogen-bond donors (Lipinski definition) is 1. The van der Waals surface area contributed by atoms with Crippen LogP contribution < -0.4 is 10.1 Å². The molecule has 1 heterocycles. The third-order valence-corrected chi connectivity index (χ3v) is 3.03. The number of carbonyl (C=O) groups excluding carboxylic acids is 1. The molecule has 0 aliphatic carbocycles. The molecule has 1 atom stereocenters. The lowest BCUT2D eigenvalue weighted by molar-refractivity contribution is -0.123. The summed E-state index contributed by atoms with van der Waals surface area (Å²) in [6.07, 6.45) is 5.15. The number of fused-ring (bicyclic) bond motifs is 1. The summed E-state index contributed by atoms with van der Waals surface area (Å²) in [5.74, 6) is 0.771. The summed E-state index contributed by atoms with van der Waals surface area (Å²) in [7, 11) is 0. The average molecular weight is 233 g/mol. The van der Waals surface area contributed by atoms with E-state index in [0.29, 0.717) is 0 Å². The maximum atomic E-state index is 11.8. The second-order valence-corrected chi connectivity index (χ2v) is 4.44. The van der Waals surface area contributed by atoms with Crippen molar-refractivity contribution in [2.75, 3.05) is 5.32 Å². The number of anilines is 1. The van der Waals surface area contributed by atoms with Gasteiger partial charge in [0.25, 0.3) is 5.91 Å². The molecule has 0 unspecified atom stereocenters. The molecule has 1 aromatic rings. The Kier molecular flexibility index (Phi) is 4.02. The number of benzene rings is 1. The maximum Gasteiger partial charge on any atom is 0.265 e. The van der Waals surface area contributed by atoms with Crippen LogP contribution in [0, 0.1) is 0 Å². The van der Waals surface area contributed by atoms with Crippen molar-refractivity contribution in [3.63, 3.8) is 0 Å². The van der Waals surface area contributed by atoms with Gasteiger partial charge in [0.15, 0.2) is 6.10 Å². The van der Waals surface area contributed by atoms with E-state index >= 15 is 0 Å². The van der Waals surface area contributed by atoms with Gasteiger partial charge in [0.1, 0.15) is 5.75 Å². The zero-order valence-electron chi connectivity index (χ0n) is 10.2. The van der Waals surface area contributed by atoms with Gasteiger partial charge in [0, 0.05) is 0 Å². The monoisotopic (exact) mass is 233 g/mol. The second-order valence-electron chi connectivity index (χ2n) is 4.44. The highest BCUT2D eigenvalue weighted by atomic mass is 16.5. The molecule has 2 rings (SSSR count). The van der Waals surface area contributed by atoms with Gasteiger partial charge in [-0.1, -0.05) is 38.3 Å². The predicted octanol–water partition coefficient (Wildman–Crippen LogP) is 3.36. The topological polar surface area (TPSA) is 38.3 Å². The fourth-order valence-corrected chi connectivity index (χ4v) is 2.04. The first-order chi connectivity index (χ1) is 8.31. The third-order valence-electron chi connectivity index (χ3n) is 3.03. The molecule has 3 nitrogen and oxygen atoms in total. The van der Waals surface area contributed by atoms with E-state index in [9.17, 15) is 4.79 Å². The Morgan fingerprint density at radius 3 is 2.88 bits per heavy atom. The van der Waals surface area contributed by atoms with E-state index in [0.717, 1.165) is 24.3 Å². The second kappa shape index (κ2) is 5.71. The van der Waals surface area contributed by atoms with E-state index in [1.165, 1.54) is 19.3 Å². The molecule has 1 aliphatic rings. The Labute approximate surface area is 102 Å². The van der Waals surface area contributed by atoms with Crippen LogP contribution in [0.15, 0.2) is 24.3 Å². The Balaban J connectivity index is 1.91. The van der Waals surface area contributed by atoms with E-state index < -0.39 is 0 Å². The molecule has 0 aromatic heterocycles. The summed E-state index contributed by atoms with van der Waals surface area (Å²) < 4.78 is 5.71. The van der Waals surface area contributed by atoms with Crippen molar-refractivity contribution in [3.8, 4) is 5.75 Å². The largest absolute Gasteiger partial charge is 0.478 e. The average Bonchev–Trinajstić information content (AvgIpc) is 2.35. The van der Waals surface area contributed by atoms with Gasteiger partial charge in [-0.3, -0.25) is 4.79 Å². The quantitative estimate of drug-likeness (QED) is 0.792. The third kappa shape index (κ3) is 2.99. The Hall–Kier alpha value is -1.51. The molecule has 0 fully saturated rings. The van der Waals surface area contributed by atoms with E-state index in [1.54, 1.807) is 0 Å². The fraction of sp³-hybridized carbons (Fsp3) is 0.500. The summed E-state index contributed by atoms with van der Waals surface area (Å²) in [5.41, 5.74) is 0.780. The molecule has 0 bridgehead atoms. The molecule has 0 spiro atoms. The Morgan fingerprint density at radius 2 is 2.06 bits per heavy atom. The minimum absolute atomic E-state index is 0.0137. The number of unbranched alkanes of at least 4 members (excludes halogenated alkanes) is 3. The SMILES string of the molecule is CCCCCC[C@H]1Oc2ccccc2NC1=O. The molecular weight excluding hydrogens is 214 g/mol. The number of carbonyl (C=O) groups is 1. The lowest BCUT2D eigenvalue weighted by atomic mass is 10.1. The van der Waals surface area contributed by atoms with Crippen LogP contribution in [-0.2, 0) is 4.79 Å². The molecule has 92 valence electrons. The van der Waals surface area contributed by atoms with Crippen LogP contribution in [0.4, 0.5) is 5.69 Å². The van der Waals surface area contributed by atoms with Crippen LogP contribution >= 0.6 is 0 Å². The van der Waals surface area contributed by atoms with Crippen molar-refractivity contribution in [3.05, 3.63) is 24.3 Å². The van der Waals surface area contributed by atoms with Gasteiger partial charge in [-0.25, -0.2) is 0 Å². The minimum Gasteiger partial charge on any atom is -0.478 e. The highest BCUT2D eigenvalue weighted by molar-refractivity contribution is 5.97. The van der Waals surface area contributed by atoms with Crippen molar-refractivity contribution < 1.29 is 9.53 Å². The van der Waals surface area contributed by atoms with E-state index in [-0.39, 0.29) is 12.0 Å². The Bertz CT molecular complexity index is 390. The highest BCUT2D eigenvalue weighted by Gasteiger charge is 2.26. The molecule has 1 amide bonds. The number of hydrogen-bond acceptors (Lipinski definition) is 2. The van der Waals surface area contributed by atoms with Crippen LogP contribution in [-0.4, -0.2) is 12.0 Å². The minimum atomic E-state index is -0.318. The highest BCUT2D eigenvalue weighted by Crippen LogP contribution is 2.30. The molecule has 3 heteroatoms. The summed E-state index contributed by atoms with van der Waals surface area (Å²) in [5, 5.41) is 2.89. The summed E-state index contributed by atoms with van der Waals surface area (Å²) >= 11 is 0. The van der Waals surface area contributed by atoms with Gasteiger partial charge in [0.2, 0.25) is 0 Å². The van der Waals surface area contributed by atoms with E-state index in [4.69, 9.17) is 4.74 Å². The van der Waals surface area contributed by atoms with Crippen LogP contribution in [0.3, 0.4) is 0 Å². The summed E-state index contributed by atoms with van der Waals surface area (Å²) in [6.45, 7) is 2.18. The van der Waals surface area contributed by atoms with Crippen LogP contribution in [0.2, 0.25) is 0 Å². The molecule has 17 heavy (non-hydrogen) atoms. The lowest BCUT2D eigenvalue weighted by Crippen LogP contribution is -2.36. The first-order valence-corrected chi connectivity index (χ1v) is 6.38. The maximum absolute atomic E-state index is 11.8. The number of para-hydroxylation sites is 2. The predicted molar refractivity (Wildman–Crippen MR) is 68.2 cm³/mol. The van der Waals surface area contributed by atoms with Gasteiger partial charge in [0.05, 0.1) is 5.69 Å². The van der Waals surface area contributed by atoms with E-state index in [2.05, 4.69) is 12.2 Å². The van der Waals surface area contributed by atoms with Crippen LogP contribution in [0.1, 0.15) is 39.0 Å². The summed E-state index contributed by atoms with van der Waals surface area (Å²) in [6, 6.07) is 7.57. The number of nitrogens with one attached hydrogen (secondary N) is 1. The normalized spacial score (nSPS) is 18.2. The molecular formula is C14H19NO2. The summed E-state index contributed by atoms with van der Waals surface area (Å²) in [4.78, 5) is 11.8. The van der Waals surface area contributed by atoms with E-state index in [1.807, 2.05) is 24.3 Å². The first kappa shape index (κ1) is 12.0. The van der Waals surface area contributed by atoms with Crippen molar-refractivity contribution in [1.29, 1.82) is 0 Å². The molecule has 0 saturated heterocycles. The van der Waals surface area contributed by atoms with Crippen LogP contribution in [0.5, 0.6) is 5.75 Å². The first-order valence-electron chi connectivity index (χ1n) is 6.38. The number of amides is 1. The number of rotatable bonds is 5. The molecule has 1 aromatic carbocycles. The zero-order chi connectivity index (χ0) is 12.1. The molecule has 1 N–H and O–H groups in total. The fourth-order valence-electron chi connectivity index (χ4n) is 2.04. The van der Waals surface area contributed by atoms with Gasteiger partial charge in [-0.2, -0.15) is 0 Å². The number of ether oxygens (including phenoxy) is 1. The van der Waals surface area contributed by atoms with Crippen molar-refractivity contribution >= 4 is 11.6 Å². The van der Waals surface area contributed by atoms with Crippen molar-refractivity contribution in [2.45, 2.75) is 45.1 Å².